The molecule has 3 rings (SSSR count). The van der Waals surface area contributed by atoms with Gasteiger partial charge in [0.15, 0.2) is 0 Å². The number of phenolic OH excluding ortho intramolecular Hbond substituents is 1. The SMILES string of the molecule is NCCCCC(NC(=O)C(CC(=O)O)NC(=O)C(Cc1c[nH]c2ccccc12)NC(=O)C(N)Cc1ccc(O)cc1)C(=O)O. The fourth-order valence-corrected chi connectivity index (χ4v) is 4.67. The van der Waals surface area contributed by atoms with Gasteiger partial charge < -0.3 is 47.7 Å². The number of aromatic nitrogens is 1. The predicted molar refractivity (Wildman–Crippen MR) is 160 cm³/mol. The number of para-hydroxylation sites is 1. The van der Waals surface area contributed by atoms with Crippen molar-refractivity contribution in [3.05, 3.63) is 65.9 Å². The molecule has 2 aromatic carbocycles. The van der Waals surface area contributed by atoms with Crippen LogP contribution >= 0.6 is 0 Å². The molecule has 1 heterocycles. The molecule has 14 nitrogen and oxygen atoms in total. The monoisotopic (exact) mass is 610 g/mol. The van der Waals surface area contributed by atoms with Gasteiger partial charge in [0.2, 0.25) is 17.7 Å². The van der Waals surface area contributed by atoms with E-state index >= 15 is 0 Å². The number of carbonyl (C=O) groups excluding carboxylic acids is 3. The lowest BCUT2D eigenvalue weighted by Crippen LogP contribution is -2.58. The number of amides is 3. The Hall–Kier alpha value is -4.95. The van der Waals surface area contributed by atoms with Gasteiger partial charge in [-0.15, -0.1) is 0 Å². The van der Waals surface area contributed by atoms with Crippen LogP contribution in [0, 0.1) is 0 Å². The summed E-state index contributed by atoms with van der Waals surface area (Å²) < 4.78 is 0. The number of phenols is 1. The molecule has 0 bridgehead atoms. The zero-order chi connectivity index (χ0) is 32.2. The molecular formula is C30H38N6O8. The third-order valence-electron chi connectivity index (χ3n) is 7.03. The first-order valence-corrected chi connectivity index (χ1v) is 14.1. The Kier molecular flexibility index (Phi) is 12.2. The van der Waals surface area contributed by atoms with Crippen molar-refractivity contribution in [2.75, 3.05) is 6.54 Å². The smallest absolute Gasteiger partial charge is 0.326 e. The van der Waals surface area contributed by atoms with E-state index in [-0.39, 0.29) is 25.0 Å². The Morgan fingerprint density at radius 2 is 1.43 bits per heavy atom. The van der Waals surface area contributed by atoms with Crippen molar-refractivity contribution in [1.29, 1.82) is 0 Å². The van der Waals surface area contributed by atoms with E-state index in [1.807, 2.05) is 18.2 Å². The number of fused-ring (bicyclic) bond motifs is 1. The van der Waals surface area contributed by atoms with Crippen LogP contribution in [0.5, 0.6) is 5.75 Å². The number of hydrogen-bond donors (Lipinski definition) is 9. The molecule has 0 spiro atoms. The van der Waals surface area contributed by atoms with Gasteiger partial charge in [-0.05, 0) is 61.6 Å². The molecule has 0 radical (unpaired) electrons. The second kappa shape index (κ2) is 16.0. The third-order valence-corrected chi connectivity index (χ3v) is 7.03. The summed E-state index contributed by atoms with van der Waals surface area (Å²) in [6, 6.07) is 8.09. The molecular weight excluding hydrogens is 572 g/mol. The number of carboxylic acids is 2. The van der Waals surface area contributed by atoms with E-state index in [1.54, 1.807) is 24.4 Å². The molecule has 4 unspecified atom stereocenters. The van der Waals surface area contributed by atoms with Crippen LogP contribution in [0.3, 0.4) is 0 Å². The zero-order valence-corrected chi connectivity index (χ0v) is 24.0. The summed E-state index contributed by atoms with van der Waals surface area (Å²) in [4.78, 5) is 66.1. The standard InChI is InChI=1S/C30H38N6O8/c31-12-4-3-7-23(30(43)44)34-29(42)25(15-26(38)39)36-28(41)24(14-18-16-33-22-6-2-1-5-20(18)22)35-27(40)21(32)13-17-8-10-19(37)11-9-17/h1-2,5-6,8-11,16,21,23-25,33,37H,3-4,7,12-15,31-32H2,(H,34,42)(H,35,40)(H,36,41)(H,38,39)(H,43,44). The number of hydrogen-bond acceptors (Lipinski definition) is 8. The zero-order valence-electron chi connectivity index (χ0n) is 24.0. The summed E-state index contributed by atoms with van der Waals surface area (Å²) >= 11 is 0. The topological polar surface area (TPSA) is 250 Å². The van der Waals surface area contributed by atoms with Crippen molar-refractivity contribution in [2.24, 2.45) is 11.5 Å². The highest BCUT2D eigenvalue weighted by Crippen LogP contribution is 2.19. The molecule has 0 aliphatic carbocycles. The Morgan fingerprint density at radius 1 is 0.795 bits per heavy atom. The summed E-state index contributed by atoms with van der Waals surface area (Å²) in [5.41, 5.74) is 13.7. The van der Waals surface area contributed by atoms with Crippen LogP contribution < -0.4 is 27.4 Å². The lowest BCUT2D eigenvalue weighted by Gasteiger charge is -2.24. The van der Waals surface area contributed by atoms with Gasteiger partial charge in [-0.2, -0.15) is 0 Å². The Balaban J connectivity index is 1.81. The molecule has 0 fully saturated rings. The van der Waals surface area contributed by atoms with Crippen LogP contribution in [0.25, 0.3) is 10.9 Å². The maximum atomic E-state index is 13.6. The second-order valence-electron chi connectivity index (χ2n) is 10.4. The molecule has 0 aliphatic heterocycles. The largest absolute Gasteiger partial charge is 0.508 e. The fourth-order valence-electron chi connectivity index (χ4n) is 4.67. The van der Waals surface area contributed by atoms with Crippen molar-refractivity contribution >= 4 is 40.6 Å². The first-order chi connectivity index (χ1) is 21.0. The van der Waals surface area contributed by atoms with Crippen molar-refractivity contribution < 1.29 is 39.3 Å². The van der Waals surface area contributed by atoms with E-state index in [4.69, 9.17) is 11.5 Å². The average Bonchev–Trinajstić information content (AvgIpc) is 3.39. The van der Waals surface area contributed by atoms with E-state index in [0.717, 1.165) is 10.9 Å². The van der Waals surface area contributed by atoms with Crippen molar-refractivity contribution in [3.63, 3.8) is 0 Å². The third kappa shape index (κ3) is 9.81. The van der Waals surface area contributed by atoms with Gasteiger partial charge in [-0.3, -0.25) is 19.2 Å². The number of H-pyrrole nitrogens is 1. The minimum absolute atomic E-state index is 0.0359. The number of nitrogens with one attached hydrogen (secondary N) is 4. The summed E-state index contributed by atoms with van der Waals surface area (Å²) in [6.07, 6.45) is 1.90. The summed E-state index contributed by atoms with van der Waals surface area (Å²) in [5, 5.41) is 36.6. The van der Waals surface area contributed by atoms with Gasteiger partial charge in [-0.25, -0.2) is 4.79 Å². The van der Waals surface area contributed by atoms with Crippen LogP contribution in [0.4, 0.5) is 0 Å². The summed E-state index contributed by atoms with van der Waals surface area (Å²) in [6.45, 7) is 0.333. The maximum Gasteiger partial charge on any atom is 0.326 e. The molecule has 4 atom stereocenters. The highest BCUT2D eigenvalue weighted by atomic mass is 16.4. The number of rotatable bonds is 17. The minimum atomic E-state index is -1.63. The van der Waals surface area contributed by atoms with Crippen molar-refractivity contribution in [3.8, 4) is 5.75 Å². The van der Waals surface area contributed by atoms with E-state index in [9.17, 15) is 39.3 Å². The van der Waals surface area contributed by atoms with Crippen LogP contribution in [0.1, 0.15) is 36.8 Å². The highest BCUT2D eigenvalue weighted by molar-refractivity contribution is 5.96. The molecule has 236 valence electrons. The minimum Gasteiger partial charge on any atom is -0.508 e. The molecule has 0 saturated carbocycles. The Bertz CT molecular complexity index is 1460. The first-order valence-electron chi connectivity index (χ1n) is 14.1. The van der Waals surface area contributed by atoms with Crippen molar-refractivity contribution in [1.82, 2.24) is 20.9 Å². The van der Waals surface area contributed by atoms with Crippen LogP contribution in [0.2, 0.25) is 0 Å². The quantitative estimate of drug-likeness (QED) is 0.0934. The number of carbonyl (C=O) groups is 5. The summed E-state index contributed by atoms with van der Waals surface area (Å²) in [5.74, 6) is -5.22. The molecule has 0 aliphatic rings. The number of nitrogens with two attached hydrogens (primary N) is 2. The number of aromatic hydroxyl groups is 1. The fraction of sp³-hybridized carbons (Fsp3) is 0.367. The predicted octanol–water partition coefficient (Wildman–Crippen LogP) is 0.129. The van der Waals surface area contributed by atoms with Crippen LogP contribution in [0.15, 0.2) is 54.7 Å². The van der Waals surface area contributed by atoms with Gasteiger partial charge in [0.1, 0.15) is 23.9 Å². The summed E-state index contributed by atoms with van der Waals surface area (Å²) in [7, 11) is 0. The maximum absolute atomic E-state index is 13.6. The second-order valence-corrected chi connectivity index (χ2v) is 10.4. The molecule has 0 saturated heterocycles. The van der Waals surface area contributed by atoms with E-state index in [2.05, 4.69) is 20.9 Å². The normalized spacial score (nSPS) is 13.8. The lowest BCUT2D eigenvalue weighted by atomic mass is 10.0. The molecule has 44 heavy (non-hydrogen) atoms. The molecule has 1 aromatic heterocycles. The number of carboxylic acid groups (broad SMARTS) is 2. The molecule has 11 N–H and O–H groups in total. The number of unbranched alkanes of at least 4 members (excludes halogenated alkanes) is 1. The average molecular weight is 611 g/mol. The Morgan fingerprint density at radius 3 is 2.09 bits per heavy atom. The molecule has 14 heteroatoms. The lowest BCUT2D eigenvalue weighted by molar-refractivity contribution is -0.143. The molecule has 3 aromatic rings. The number of benzene rings is 2. The van der Waals surface area contributed by atoms with E-state index in [0.29, 0.717) is 30.5 Å². The van der Waals surface area contributed by atoms with Crippen LogP contribution in [-0.4, -0.2) is 80.7 Å². The van der Waals surface area contributed by atoms with Crippen LogP contribution in [-0.2, 0) is 36.8 Å². The van der Waals surface area contributed by atoms with Gasteiger partial charge >= 0.3 is 11.9 Å². The van der Waals surface area contributed by atoms with Crippen molar-refractivity contribution in [2.45, 2.75) is 62.7 Å². The van der Waals surface area contributed by atoms with Gasteiger partial charge in [-0.1, -0.05) is 30.3 Å². The van der Waals surface area contributed by atoms with E-state index < -0.39 is 60.2 Å². The highest BCUT2D eigenvalue weighted by Gasteiger charge is 2.32. The number of aliphatic carboxylic acids is 2. The van der Waals surface area contributed by atoms with Gasteiger partial charge in [0.25, 0.3) is 0 Å². The van der Waals surface area contributed by atoms with Gasteiger partial charge in [0.05, 0.1) is 12.5 Å². The first kappa shape index (κ1) is 33.6. The van der Waals surface area contributed by atoms with Gasteiger partial charge in [0, 0.05) is 23.5 Å². The molecule has 3 amide bonds. The number of aromatic amines is 1. The van der Waals surface area contributed by atoms with E-state index in [1.165, 1.54) is 12.1 Å². The Labute approximate surface area is 253 Å².